The van der Waals surface area contributed by atoms with Gasteiger partial charge in [-0.15, -0.1) is 0 Å². The Balaban J connectivity index is 2.09. The molecule has 3 aromatic rings. The third-order valence-corrected chi connectivity index (χ3v) is 5.28. The molecule has 1 N–H and O–H groups in total. The van der Waals surface area contributed by atoms with Gasteiger partial charge in [0.1, 0.15) is 17.0 Å². The summed E-state index contributed by atoms with van der Waals surface area (Å²) in [6.45, 7) is 9.03. The number of rotatable bonds is 7. The van der Waals surface area contributed by atoms with Gasteiger partial charge in [0.2, 0.25) is 0 Å². The highest BCUT2D eigenvalue weighted by atomic mass is 16.6. The molecule has 0 atom stereocenters. The Labute approximate surface area is 199 Å². The lowest BCUT2D eigenvalue weighted by atomic mass is 9.99. The highest BCUT2D eigenvalue weighted by molar-refractivity contribution is 5.97. The molecular formula is C27H30N2O5. The Bertz CT molecular complexity index is 1270. The van der Waals surface area contributed by atoms with Crippen LogP contribution in [0, 0.1) is 6.92 Å². The lowest BCUT2D eigenvalue weighted by Crippen LogP contribution is -2.30. The summed E-state index contributed by atoms with van der Waals surface area (Å²) < 4.78 is 6.92. The molecule has 7 heteroatoms. The van der Waals surface area contributed by atoms with E-state index in [0.29, 0.717) is 29.1 Å². The standard InChI is InChI=1S/C27H30N2O5/c1-6-7-12-22-28-17(2)23(25(31)32)24(30)29(22)19-15-13-18(14-16-19)20-10-8-9-11-21(20)26(33)34-27(3,4)5/h8-11,13-16H,6-7,12H2,1-5H3,(H,31,32). The van der Waals surface area contributed by atoms with E-state index in [2.05, 4.69) is 4.98 Å². The van der Waals surface area contributed by atoms with E-state index in [1.807, 2.05) is 39.8 Å². The van der Waals surface area contributed by atoms with Crippen LogP contribution in [0.25, 0.3) is 16.8 Å². The molecule has 0 unspecified atom stereocenters. The predicted octanol–water partition coefficient (Wildman–Crippen LogP) is 5.20. The lowest BCUT2D eigenvalue weighted by molar-refractivity contribution is 0.00702. The minimum absolute atomic E-state index is 0.211. The molecule has 34 heavy (non-hydrogen) atoms. The van der Waals surface area contributed by atoms with E-state index in [0.717, 1.165) is 18.4 Å². The first kappa shape index (κ1) is 24.9. The van der Waals surface area contributed by atoms with Crippen LogP contribution in [0.1, 0.15) is 72.8 Å². The number of carboxylic acid groups (broad SMARTS) is 1. The van der Waals surface area contributed by atoms with Gasteiger partial charge in [0.05, 0.1) is 16.9 Å². The summed E-state index contributed by atoms with van der Waals surface area (Å²) in [6, 6.07) is 14.2. The molecule has 0 fully saturated rings. The Morgan fingerprint density at radius 1 is 1.06 bits per heavy atom. The number of nitrogens with zero attached hydrogens (tertiary/aromatic N) is 2. The van der Waals surface area contributed by atoms with E-state index in [9.17, 15) is 19.5 Å². The summed E-state index contributed by atoms with van der Waals surface area (Å²) in [6.07, 6.45) is 2.28. The van der Waals surface area contributed by atoms with Crippen molar-refractivity contribution >= 4 is 11.9 Å². The zero-order valence-corrected chi connectivity index (χ0v) is 20.2. The van der Waals surface area contributed by atoms with E-state index in [4.69, 9.17) is 4.74 Å². The number of aryl methyl sites for hydroxylation is 2. The SMILES string of the molecule is CCCCc1nc(C)c(C(=O)O)c(=O)n1-c1ccc(-c2ccccc2C(=O)OC(C)(C)C)cc1. The molecule has 178 valence electrons. The van der Waals surface area contributed by atoms with Gasteiger partial charge in [0.25, 0.3) is 5.56 Å². The molecule has 0 saturated heterocycles. The largest absolute Gasteiger partial charge is 0.477 e. The van der Waals surface area contributed by atoms with Crippen molar-refractivity contribution in [2.75, 3.05) is 0 Å². The van der Waals surface area contributed by atoms with Crippen LogP contribution in [0.4, 0.5) is 0 Å². The van der Waals surface area contributed by atoms with Crippen LogP contribution in [-0.4, -0.2) is 32.2 Å². The zero-order valence-electron chi connectivity index (χ0n) is 20.2. The lowest BCUT2D eigenvalue weighted by Gasteiger charge is -2.20. The maximum Gasteiger partial charge on any atom is 0.343 e. The molecule has 0 aliphatic heterocycles. The summed E-state index contributed by atoms with van der Waals surface area (Å²) in [5.41, 5.74) is 1.09. The van der Waals surface area contributed by atoms with Gasteiger partial charge in [-0.25, -0.2) is 14.6 Å². The average molecular weight is 463 g/mol. The zero-order chi connectivity index (χ0) is 25.0. The number of aromatic carboxylic acids is 1. The molecule has 1 heterocycles. The van der Waals surface area contributed by atoms with Crippen molar-refractivity contribution in [2.24, 2.45) is 0 Å². The topological polar surface area (TPSA) is 98.5 Å². The first-order chi connectivity index (χ1) is 16.0. The van der Waals surface area contributed by atoms with Crippen molar-refractivity contribution in [3.05, 3.63) is 81.5 Å². The number of esters is 1. The summed E-state index contributed by atoms with van der Waals surface area (Å²) in [5.74, 6) is -1.19. The molecule has 0 radical (unpaired) electrons. The Morgan fingerprint density at radius 2 is 1.71 bits per heavy atom. The normalized spacial score (nSPS) is 11.3. The third-order valence-electron chi connectivity index (χ3n) is 5.28. The van der Waals surface area contributed by atoms with Gasteiger partial charge in [0.15, 0.2) is 0 Å². The van der Waals surface area contributed by atoms with Gasteiger partial charge in [-0.1, -0.05) is 43.7 Å². The van der Waals surface area contributed by atoms with Gasteiger partial charge in [-0.2, -0.15) is 0 Å². The molecule has 3 rings (SSSR count). The molecule has 2 aromatic carbocycles. The Morgan fingerprint density at radius 3 is 2.29 bits per heavy atom. The van der Waals surface area contributed by atoms with Crippen molar-refractivity contribution in [2.45, 2.75) is 59.5 Å². The van der Waals surface area contributed by atoms with E-state index < -0.39 is 23.1 Å². The van der Waals surface area contributed by atoms with Gasteiger partial charge >= 0.3 is 11.9 Å². The van der Waals surface area contributed by atoms with Crippen molar-refractivity contribution in [3.63, 3.8) is 0 Å². The number of carbonyl (C=O) groups excluding carboxylic acids is 1. The number of aromatic nitrogens is 2. The number of unbranched alkanes of at least 4 members (excludes halogenated alkanes) is 1. The number of hydrogen-bond donors (Lipinski definition) is 1. The van der Waals surface area contributed by atoms with Crippen LogP contribution in [0.15, 0.2) is 53.3 Å². The summed E-state index contributed by atoms with van der Waals surface area (Å²) in [4.78, 5) is 42.0. The van der Waals surface area contributed by atoms with Crippen LogP contribution >= 0.6 is 0 Å². The van der Waals surface area contributed by atoms with Crippen molar-refractivity contribution < 1.29 is 19.4 Å². The van der Waals surface area contributed by atoms with Crippen LogP contribution in [0.3, 0.4) is 0 Å². The molecule has 1 aromatic heterocycles. The minimum Gasteiger partial charge on any atom is -0.477 e. The third kappa shape index (κ3) is 5.42. The number of hydrogen-bond acceptors (Lipinski definition) is 5. The van der Waals surface area contributed by atoms with Gasteiger partial charge < -0.3 is 9.84 Å². The van der Waals surface area contributed by atoms with Crippen molar-refractivity contribution in [1.29, 1.82) is 0 Å². The fourth-order valence-corrected chi connectivity index (χ4v) is 3.73. The Hall–Kier alpha value is -3.74. The van der Waals surface area contributed by atoms with Gasteiger partial charge in [-0.3, -0.25) is 9.36 Å². The number of ether oxygens (including phenoxy) is 1. The van der Waals surface area contributed by atoms with Crippen LogP contribution in [0.2, 0.25) is 0 Å². The van der Waals surface area contributed by atoms with E-state index >= 15 is 0 Å². The summed E-state index contributed by atoms with van der Waals surface area (Å²) >= 11 is 0. The molecule has 0 bridgehead atoms. The molecule has 0 saturated carbocycles. The van der Waals surface area contributed by atoms with Crippen molar-refractivity contribution in [1.82, 2.24) is 9.55 Å². The predicted molar refractivity (Wildman–Crippen MR) is 131 cm³/mol. The highest BCUT2D eigenvalue weighted by Gasteiger charge is 2.22. The maximum absolute atomic E-state index is 13.1. The van der Waals surface area contributed by atoms with Crippen LogP contribution in [-0.2, 0) is 11.2 Å². The molecule has 7 nitrogen and oxygen atoms in total. The molecule has 0 aliphatic carbocycles. The first-order valence-corrected chi connectivity index (χ1v) is 11.3. The molecule has 0 spiro atoms. The summed E-state index contributed by atoms with van der Waals surface area (Å²) in [7, 11) is 0. The van der Waals surface area contributed by atoms with E-state index in [1.165, 1.54) is 4.57 Å². The van der Waals surface area contributed by atoms with Crippen LogP contribution in [0.5, 0.6) is 0 Å². The summed E-state index contributed by atoms with van der Waals surface area (Å²) in [5, 5.41) is 9.54. The number of carbonyl (C=O) groups is 2. The number of carboxylic acids is 1. The Kier molecular flexibility index (Phi) is 7.35. The molecule has 0 amide bonds. The van der Waals surface area contributed by atoms with Crippen molar-refractivity contribution in [3.8, 4) is 16.8 Å². The van der Waals surface area contributed by atoms with E-state index in [1.54, 1.807) is 43.3 Å². The van der Waals surface area contributed by atoms with Gasteiger partial charge in [0, 0.05) is 6.42 Å². The fraction of sp³-hybridized carbons (Fsp3) is 0.333. The van der Waals surface area contributed by atoms with Gasteiger partial charge in [-0.05, 0) is 63.4 Å². The number of benzene rings is 2. The average Bonchev–Trinajstić information content (AvgIpc) is 2.76. The molecule has 0 aliphatic rings. The second-order valence-electron chi connectivity index (χ2n) is 9.13. The second-order valence-corrected chi connectivity index (χ2v) is 9.13. The van der Waals surface area contributed by atoms with E-state index in [-0.39, 0.29) is 11.3 Å². The quantitative estimate of drug-likeness (QED) is 0.484. The molecular weight excluding hydrogens is 432 g/mol. The maximum atomic E-state index is 13.1. The fourth-order valence-electron chi connectivity index (χ4n) is 3.73. The second kappa shape index (κ2) is 10.0. The minimum atomic E-state index is -1.30. The monoisotopic (exact) mass is 462 g/mol. The first-order valence-electron chi connectivity index (χ1n) is 11.3. The highest BCUT2D eigenvalue weighted by Crippen LogP contribution is 2.27. The van der Waals surface area contributed by atoms with Crippen LogP contribution < -0.4 is 5.56 Å². The smallest absolute Gasteiger partial charge is 0.343 e.